The first-order chi connectivity index (χ1) is 9.86. The number of nitrogens with zero attached hydrogens (tertiary/aromatic N) is 2. The van der Waals surface area contributed by atoms with Crippen LogP contribution in [-0.2, 0) is 0 Å². The highest BCUT2D eigenvalue weighted by atomic mass is 35.5. The Balaban J connectivity index is 2.64. The second-order valence-electron chi connectivity index (χ2n) is 4.80. The summed E-state index contributed by atoms with van der Waals surface area (Å²) >= 11 is 6.05. The van der Waals surface area contributed by atoms with Crippen molar-refractivity contribution >= 4 is 11.6 Å². The molecule has 1 unspecified atom stereocenters. The van der Waals surface area contributed by atoms with Gasteiger partial charge in [0.2, 0.25) is 0 Å². The fourth-order valence-electron chi connectivity index (χ4n) is 2.16. The molecule has 1 aromatic heterocycles. The minimum atomic E-state index is -1.09. The van der Waals surface area contributed by atoms with E-state index in [9.17, 15) is 13.2 Å². The number of hydrogen-bond donors (Lipinski definition) is 2. The number of hydrazine groups is 1. The van der Waals surface area contributed by atoms with Crippen LogP contribution in [0, 0.1) is 17.5 Å². The number of hydrogen-bond acceptors (Lipinski definition) is 3. The fraction of sp³-hybridized carbons (Fsp3) is 0.308. The zero-order valence-electron chi connectivity index (χ0n) is 11.4. The summed E-state index contributed by atoms with van der Waals surface area (Å²) in [5.41, 5.74) is 2.20. The average Bonchev–Trinajstić information content (AvgIpc) is 2.75. The molecule has 114 valence electrons. The Bertz CT molecular complexity index is 634. The van der Waals surface area contributed by atoms with Crippen LogP contribution >= 0.6 is 11.6 Å². The summed E-state index contributed by atoms with van der Waals surface area (Å²) in [6.45, 7) is 3.66. The first-order valence-corrected chi connectivity index (χ1v) is 6.58. The minimum absolute atomic E-state index is 0.102. The smallest absolute Gasteiger partial charge is 0.134 e. The van der Waals surface area contributed by atoms with Crippen molar-refractivity contribution in [3.8, 4) is 0 Å². The number of rotatable bonds is 4. The van der Waals surface area contributed by atoms with Gasteiger partial charge in [-0.2, -0.15) is 5.10 Å². The molecule has 0 spiro atoms. The molecular weight excluding hydrogens is 305 g/mol. The summed E-state index contributed by atoms with van der Waals surface area (Å²) in [7, 11) is 0. The quantitative estimate of drug-likeness (QED) is 0.673. The van der Waals surface area contributed by atoms with Gasteiger partial charge in [0.25, 0.3) is 0 Å². The van der Waals surface area contributed by atoms with E-state index in [2.05, 4.69) is 10.5 Å². The molecule has 0 fully saturated rings. The molecule has 2 rings (SSSR count). The lowest BCUT2D eigenvalue weighted by atomic mass is 10.0. The lowest BCUT2D eigenvalue weighted by molar-refractivity contribution is 0.448. The van der Waals surface area contributed by atoms with Crippen LogP contribution in [0.4, 0.5) is 13.2 Å². The van der Waals surface area contributed by atoms with Gasteiger partial charge in [0.05, 0.1) is 23.0 Å². The molecule has 21 heavy (non-hydrogen) atoms. The summed E-state index contributed by atoms with van der Waals surface area (Å²) in [6, 6.07) is -0.0163. The van der Waals surface area contributed by atoms with E-state index in [1.165, 1.54) is 10.9 Å². The Morgan fingerprint density at radius 3 is 2.29 bits per heavy atom. The van der Waals surface area contributed by atoms with Crippen LogP contribution in [-0.4, -0.2) is 9.78 Å². The summed E-state index contributed by atoms with van der Waals surface area (Å²) in [5, 5.41) is 4.26. The maximum atomic E-state index is 14.0. The highest BCUT2D eigenvalue weighted by Crippen LogP contribution is 2.32. The van der Waals surface area contributed by atoms with Crippen LogP contribution in [0.25, 0.3) is 0 Å². The summed E-state index contributed by atoms with van der Waals surface area (Å²) < 4.78 is 42.4. The second-order valence-corrected chi connectivity index (χ2v) is 5.21. The van der Waals surface area contributed by atoms with Gasteiger partial charge in [-0.25, -0.2) is 18.6 Å². The van der Waals surface area contributed by atoms with Crippen LogP contribution in [0.2, 0.25) is 5.02 Å². The van der Waals surface area contributed by atoms with Gasteiger partial charge >= 0.3 is 0 Å². The molecule has 1 heterocycles. The van der Waals surface area contributed by atoms with Crippen molar-refractivity contribution in [1.82, 2.24) is 15.2 Å². The molecule has 0 bridgehead atoms. The van der Waals surface area contributed by atoms with Crippen LogP contribution in [0.5, 0.6) is 0 Å². The van der Waals surface area contributed by atoms with Crippen molar-refractivity contribution in [3.05, 3.63) is 52.1 Å². The zero-order chi connectivity index (χ0) is 15.7. The third kappa shape index (κ3) is 2.90. The number of benzene rings is 1. The van der Waals surface area contributed by atoms with E-state index >= 15 is 0 Å². The molecule has 0 saturated carbocycles. The van der Waals surface area contributed by atoms with Crippen LogP contribution in [0.15, 0.2) is 18.3 Å². The molecule has 2 aromatic rings. The Kier molecular flexibility index (Phi) is 4.55. The first-order valence-electron chi connectivity index (χ1n) is 6.20. The number of aromatic nitrogens is 2. The van der Waals surface area contributed by atoms with E-state index in [1.54, 1.807) is 0 Å². The van der Waals surface area contributed by atoms with Gasteiger partial charge in [-0.05, 0) is 13.8 Å². The molecule has 4 nitrogen and oxygen atoms in total. The van der Waals surface area contributed by atoms with Gasteiger partial charge < -0.3 is 0 Å². The molecule has 3 N–H and O–H groups in total. The van der Waals surface area contributed by atoms with E-state index in [-0.39, 0.29) is 11.1 Å². The Labute approximate surface area is 124 Å². The largest absolute Gasteiger partial charge is 0.271 e. The van der Waals surface area contributed by atoms with Gasteiger partial charge in [-0.3, -0.25) is 10.5 Å². The van der Waals surface area contributed by atoms with Crippen molar-refractivity contribution in [2.24, 2.45) is 5.84 Å². The van der Waals surface area contributed by atoms with E-state index in [4.69, 9.17) is 17.4 Å². The highest BCUT2D eigenvalue weighted by Gasteiger charge is 2.28. The summed E-state index contributed by atoms with van der Waals surface area (Å²) in [6.07, 6.45) is 1.36. The minimum Gasteiger partial charge on any atom is -0.271 e. The van der Waals surface area contributed by atoms with Gasteiger partial charge in [-0.1, -0.05) is 11.6 Å². The van der Waals surface area contributed by atoms with E-state index in [0.29, 0.717) is 17.8 Å². The SMILES string of the molecule is CC(C)n1ncc(Cl)c1C(NN)c1c(F)cc(F)cc1F. The van der Waals surface area contributed by atoms with Crippen molar-refractivity contribution in [3.63, 3.8) is 0 Å². The Morgan fingerprint density at radius 2 is 1.81 bits per heavy atom. The molecule has 1 atom stereocenters. The lowest BCUT2D eigenvalue weighted by Crippen LogP contribution is -2.32. The maximum absolute atomic E-state index is 14.0. The Hall–Kier alpha value is -1.57. The maximum Gasteiger partial charge on any atom is 0.134 e. The van der Waals surface area contributed by atoms with Gasteiger partial charge in [0, 0.05) is 23.7 Å². The summed E-state index contributed by atoms with van der Waals surface area (Å²) in [5.74, 6) is 2.32. The topological polar surface area (TPSA) is 55.9 Å². The van der Waals surface area contributed by atoms with Crippen molar-refractivity contribution in [2.75, 3.05) is 0 Å². The predicted octanol–water partition coefficient (Wildman–Crippen LogP) is 3.09. The molecule has 0 radical (unpaired) electrons. The summed E-state index contributed by atoms with van der Waals surface area (Å²) in [4.78, 5) is 0. The van der Waals surface area contributed by atoms with E-state index in [1.807, 2.05) is 13.8 Å². The van der Waals surface area contributed by atoms with E-state index in [0.717, 1.165) is 0 Å². The molecule has 0 aliphatic carbocycles. The Morgan fingerprint density at radius 1 is 1.24 bits per heavy atom. The fourth-order valence-corrected chi connectivity index (χ4v) is 2.40. The van der Waals surface area contributed by atoms with Crippen LogP contribution in [0.1, 0.15) is 37.2 Å². The third-order valence-electron chi connectivity index (χ3n) is 3.05. The van der Waals surface area contributed by atoms with E-state index < -0.39 is 29.1 Å². The van der Waals surface area contributed by atoms with Crippen LogP contribution in [0.3, 0.4) is 0 Å². The second kappa shape index (κ2) is 6.05. The first kappa shape index (κ1) is 15.8. The molecule has 0 aliphatic heterocycles. The van der Waals surface area contributed by atoms with Crippen molar-refractivity contribution < 1.29 is 13.2 Å². The molecule has 0 amide bonds. The van der Waals surface area contributed by atoms with Crippen LogP contribution < -0.4 is 11.3 Å². The molecule has 0 saturated heterocycles. The highest BCUT2D eigenvalue weighted by molar-refractivity contribution is 6.31. The number of halogens is 4. The third-order valence-corrected chi connectivity index (χ3v) is 3.34. The zero-order valence-corrected chi connectivity index (χ0v) is 12.1. The van der Waals surface area contributed by atoms with Crippen molar-refractivity contribution in [2.45, 2.75) is 25.9 Å². The van der Waals surface area contributed by atoms with Crippen molar-refractivity contribution in [1.29, 1.82) is 0 Å². The molecule has 8 heteroatoms. The molecule has 1 aromatic carbocycles. The number of nitrogens with one attached hydrogen (secondary N) is 1. The average molecular weight is 319 g/mol. The van der Waals surface area contributed by atoms with Gasteiger partial charge in [0.1, 0.15) is 17.5 Å². The molecule has 0 aliphatic rings. The standard InChI is InChI=1S/C13H14ClF3N4/c1-6(2)21-13(8(14)5-19-21)12(20-18)11-9(16)3-7(15)4-10(11)17/h3-6,12,20H,18H2,1-2H3. The predicted molar refractivity (Wildman–Crippen MR) is 73.1 cm³/mol. The molecular formula is C13H14ClF3N4. The monoisotopic (exact) mass is 318 g/mol. The lowest BCUT2D eigenvalue weighted by Gasteiger charge is -2.21. The number of nitrogens with two attached hydrogens (primary N) is 1. The normalized spacial score (nSPS) is 13.0. The van der Waals surface area contributed by atoms with Gasteiger partial charge in [0.15, 0.2) is 0 Å². The van der Waals surface area contributed by atoms with Gasteiger partial charge in [-0.15, -0.1) is 0 Å².